The molecule has 2 saturated heterocycles. The SMILES string of the molecule is CC1(C)CC[C@]2(C(=O)O)CC[C@]3(C)C(=CC[C@@H]4[C@@]5(C)CC[C@@H](O[C@@H]6O[C@H](CO)[C@@H](O[C@@H]7O[C@H](CO)[C@H](O)[C@H](O)[C@H]7O)[C@H](O)[C@H]6O)C(C)(C)[C@H]5CC[C@]43C)[C@@H]2C1. The summed E-state index contributed by atoms with van der Waals surface area (Å²) in [7, 11) is 0. The Morgan fingerprint density at radius 3 is 2.00 bits per heavy atom. The average Bonchev–Trinajstić information content (AvgIpc) is 3.12. The first-order valence-electron chi connectivity index (χ1n) is 20.8. The number of ether oxygens (including phenoxy) is 4. The van der Waals surface area contributed by atoms with Crippen molar-refractivity contribution in [2.75, 3.05) is 13.2 Å². The second kappa shape index (κ2) is 14.2. The molecule has 0 aromatic carbocycles. The number of carbonyl (C=O) groups is 1. The topological polar surface area (TPSA) is 216 Å². The van der Waals surface area contributed by atoms with E-state index < -0.39 is 86.0 Å². The van der Waals surface area contributed by atoms with Gasteiger partial charge >= 0.3 is 5.97 Å². The Labute approximate surface area is 325 Å². The Hall–Kier alpha value is -1.23. The molecule has 55 heavy (non-hydrogen) atoms. The lowest BCUT2D eigenvalue weighted by molar-refractivity contribution is -0.368. The highest BCUT2D eigenvalue weighted by atomic mass is 16.7. The maximum absolute atomic E-state index is 13.0. The van der Waals surface area contributed by atoms with E-state index >= 15 is 0 Å². The molecule has 2 heterocycles. The number of carboxylic acids is 1. The fourth-order valence-electron chi connectivity index (χ4n) is 13.7. The molecule has 13 heteroatoms. The lowest BCUT2D eigenvalue weighted by atomic mass is 9.33. The zero-order valence-corrected chi connectivity index (χ0v) is 33.8. The van der Waals surface area contributed by atoms with Crippen molar-refractivity contribution in [1.82, 2.24) is 0 Å². The molecule has 0 radical (unpaired) electrons. The van der Waals surface area contributed by atoms with Crippen LogP contribution in [-0.2, 0) is 23.7 Å². The summed E-state index contributed by atoms with van der Waals surface area (Å²) in [5.74, 6) is 0.0886. The van der Waals surface area contributed by atoms with Crippen LogP contribution in [0.1, 0.15) is 113 Å². The van der Waals surface area contributed by atoms with Crippen LogP contribution >= 0.6 is 0 Å². The van der Waals surface area contributed by atoms with E-state index in [2.05, 4.69) is 54.5 Å². The van der Waals surface area contributed by atoms with Gasteiger partial charge in [-0.25, -0.2) is 0 Å². The van der Waals surface area contributed by atoms with E-state index in [9.17, 15) is 45.6 Å². The maximum Gasteiger partial charge on any atom is 0.310 e. The molecule has 0 aromatic rings. The van der Waals surface area contributed by atoms with Crippen LogP contribution in [0.2, 0.25) is 0 Å². The highest BCUT2D eigenvalue weighted by molar-refractivity contribution is 5.76. The van der Waals surface area contributed by atoms with Gasteiger partial charge in [-0.2, -0.15) is 0 Å². The first kappa shape index (κ1) is 41.9. The van der Waals surface area contributed by atoms with E-state index in [1.165, 1.54) is 5.57 Å². The van der Waals surface area contributed by atoms with Gasteiger partial charge in [0.1, 0.15) is 48.8 Å². The monoisotopic (exact) mass is 780 g/mol. The maximum atomic E-state index is 13.0. The molecule has 0 spiro atoms. The predicted molar refractivity (Wildman–Crippen MR) is 198 cm³/mol. The number of aliphatic hydroxyl groups excluding tert-OH is 7. The molecule has 0 bridgehead atoms. The van der Waals surface area contributed by atoms with Crippen LogP contribution in [-0.4, -0.2) is 128 Å². The Bertz CT molecular complexity index is 1480. The van der Waals surface area contributed by atoms with Gasteiger partial charge in [-0.15, -0.1) is 0 Å². The molecule has 7 aliphatic rings. The molecule has 4 saturated carbocycles. The summed E-state index contributed by atoms with van der Waals surface area (Å²) in [6, 6.07) is 0. The van der Waals surface area contributed by atoms with Crippen LogP contribution in [0.15, 0.2) is 11.6 Å². The summed E-state index contributed by atoms with van der Waals surface area (Å²) in [4.78, 5) is 13.0. The summed E-state index contributed by atoms with van der Waals surface area (Å²) in [6.07, 6.45) is -4.17. The quantitative estimate of drug-likeness (QED) is 0.138. The van der Waals surface area contributed by atoms with Gasteiger partial charge in [0.05, 0.1) is 24.7 Å². The number of aliphatic hydroxyl groups is 7. The van der Waals surface area contributed by atoms with Crippen molar-refractivity contribution in [1.29, 1.82) is 0 Å². The van der Waals surface area contributed by atoms with Crippen molar-refractivity contribution >= 4 is 5.97 Å². The first-order valence-corrected chi connectivity index (χ1v) is 20.8. The summed E-state index contributed by atoms with van der Waals surface area (Å²) < 4.78 is 23.9. The highest BCUT2D eigenvalue weighted by Gasteiger charge is 2.69. The smallest absolute Gasteiger partial charge is 0.310 e. The van der Waals surface area contributed by atoms with Gasteiger partial charge in [-0.1, -0.05) is 60.1 Å². The fourth-order valence-corrected chi connectivity index (χ4v) is 13.7. The highest BCUT2D eigenvalue weighted by Crippen LogP contribution is 2.76. The molecule has 0 aromatic heterocycles. The predicted octanol–water partition coefficient (Wildman–Crippen LogP) is 2.88. The normalized spacial score (nSPS) is 53.2. The minimum Gasteiger partial charge on any atom is -0.481 e. The number of aliphatic carboxylic acids is 1. The van der Waals surface area contributed by atoms with Crippen molar-refractivity contribution in [3.05, 3.63) is 11.6 Å². The van der Waals surface area contributed by atoms with E-state index in [4.69, 9.17) is 18.9 Å². The van der Waals surface area contributed by atoms with E-state index in [0.717, 1.165) is 57.8 Å². The zero-order chi connectivity index (χ0) is 40.3. The third kappa shape index (κ3) is 6.23. The molecule has 0 amide bonds. The third-order valence-corrected chi connectivity index (χ3v) is 17.3. The Morgan fingerprint density at radius 2 is 1.35 bits per heavy atom. The van der Waals surface area contributed by atoms with Crippen LogP contribution in [0.25, 0.3) is 0 Å². The summed E-state index contributed by atoms with van der Waals surface area (Å²) >= 11 is 0. The van der Waals surface area contributed by atoms with E-state index in [1.54, 1.807) is 0 Å². The van der Waals surface area contributed by atoms with Gasteiger partial charge in [0, 0.05) is 0 Å². The van der Waals surface area contributed by atoms with Crippen molar-refractivity contribution in [2.45, 2.75) is 180 Å². The largest absolute Gasteiger partial charge is 0.481 e. The molecule has 2 aliphatic heterocycles. The van der Waals surface area contributed by atoms with Gasteiger partial charge in [-0.3, -0.25) is 4.79 Å². The van der Waals surface area contributed by atoms with Gasteiger partial charge in [-0.05, 0) is 109 Å². The molecule has 7 rings (SSSR count). The lowest BCUT2D eigenvalue weighted by Gasteiger charge is -2.71. The zero-order valence-electron chi connectivity index (χ0n) is 33.8. The number of fused-ring (bicyclic) bond motifs is 7. The Morgan fingerprint density at radius 1 is 0.727 bits per heavy atom. The number of hydrogen-bond acceptors (Lipinski definition) is 12. The van der Waals surface area contributed by atoms with Gasteiger partial charge in [0.25, 0.3) is 0 Å². The second-order valence-corrected chi connectivity index (χ2v) is 20.7. The summed E-state index contributed by atoms with van der Waals surface area (Å²) in [5, 5.41) is 84.2. The minimum absolute atomic E-state index is 0.00451. The van der Waals surface area contributed by atoms with Gasteiger partial charge in [0.15, 0.2) is 12.6 Å². The molecule has 8 N–H and O–H groups in total. The van der Waals surface area contributed by atoms with Crippen LogP contribution < -0.4 is 0 Å². The lowest BCUT2D eigenvalue weighted by Crippen LogP contribution is -2.66. The summed E-state index contributed by atoms with van der Waals surface area (Å²) in [5.41, 5.74) is 0.344. The molecular weight excluding hydrogens is 712 g/mol. The molecular formula is C42H68O13. The van der Waals surface area contributed by atoms with E-state index in [1.807, 2.05) is 0 Å². The van der Waals surface area contributed by atoms with E-state index in [0.29, 0.717) is 12.3 Å². The molecule has 13 nitrogen and oxygen atoms in total. The molecule has 0 unspecified atom stereocenters. The average molecular weight is 781 g/mol. The van der Waals surface area contributed by atoms with Crippen LogP contribution in [0.4, 0.5) is 0 Å². The molecule has 18 atom stereocenters. The summed E-state index contributed by atoms with van der Waals surface area (Å²) in [6.45, 7) is 15.1. The first-order chi connectivity index (χ1) is 25.6. The number of carboxylic acid groups (broad SMARTS) is 1. The Kier molecular flexibility index (Phi) is 10.8. The van der Waals surface area contributed by atoms with Crippen LogP contribution in [0.5, 0.6) is 0 Å². The van der Waals surface area contributed by atoms with Crippen LogP contribution in [0.3, 0.4) is 0 Å². The number of hydrogen-bond donors (Lipinski definition) is 8. The standard InChI is InChI=1S/C42H68O13/c1-37(2)14-16-42(36(50)51)17-15-40(6)21(22(42)18-37)8-9-26-39(5)12-11-27(38(3,4)25(39)10-13-41(26,40)7)54-34-32(49)30(47)33(24(20-44)53-34)55-35-31(48)29(46)28(45)23(19-43)52-35/h8,22-35,43-49H,9-20H2,1-7H3,(H,50,51)/t22-,23+,24+,25+,26+,27+,28-,29-,30+,31+,32+,33+,34-,35-,39-,40+,41+,42-/m0/s1. The van der Waals surface area contributed by atoms with Crippen molar-refractivity contribution in [2.24, 2.45) is 50.2 Å². The number of allylic oxidation sites excluding steroid dienone is 2. The minimum atomic E-state index is -1.74. The number of rotatable bonds is 7. The van der Waals surface area contributed by atoms with Gasteiger partial charge < -0.3 is 59.8 Å². The molecule has 6 fully saturated rings. The van der Waals surface area contributed by atoms with E-state index in [-0.39, 0.29) is 45.0 Å². The third-order valence-electron chi connectivity index (χ3n) is 17.3. The fraction of sp³-hybridized carbons (Fsp3) is 0.929. The molecule has 5 aliphatic carbocycles. The van der Waals surface area contributed by atoms with Crippen molar-refractivity contribution < 1.29 is 64.6 Å². The van der Waals surface area contributed by atoms with Crippen molar-refractivity contribution in [3.8, 4) is 0 Å². The second-order valence-electron chi connectivity index (χ2n) is 20.7. The van der Waals surface area contributed by atoms with Crippen LogP contribution in [0, 0.1) is 50.2 Å². The Balaban J connectivity index is 1.08. The van der Waals surface area contributed by atoms with Crippen molar-refractivity contribution in [3.63, 3.8) is 0 Å². The molecule has 314 valence electrons. The van der Waals surface area contributed by atoms with Gasteiger partial charge in [0.2, 0.25) is 0 Å².